The van der Waals surface area contributed by atoms with Crippen LogP contribution in [-0.4, -0.2) is 43.7 Å². The van der Waals surface area contributed by atoms with Crippen LogP contribution in [0.25, 0.3) is 0 Å². The van der Waals surface area contributed by atoms with Crippen LogP contribution < -0.4 is 10.2 Å². The number of aryl methyl sites for hydroxylation is 3. The zero-order valence-electron chi connectivity index (χ0n) is 20.8. The molecule has 4 heterocycles. The first kappa shape index (κ1) is 20.5. The molecule has 4 rings (SSSR count). The number of amides is 1. The van der Waals surface area contributed by atoms with Gasteiger partial charge in [-0.15, -0.1) is 0 Å². The maximum Gasteiger partial charge on any atom is 0.433 e. The molecule has 1 aliphatic heterocycles. The second-order valence-corrected chi connectivity index (χ2v) is 7.52. The first-order valence-electron chi connectivity index (χ1n) is 11.3. The lowest BCUT2D eigenvalue weighted by molar-refractivity contribution is -0.141. The number of pyridine rings is 1. The number of alkyl halides is 3. The first-order valence-corrected chi connectivity index (χ1v) is 9.77. The SMILES string of the molecule is S.[2H]C([2H])([2H])[C@H]1C(=O)Nc2c(C)nc(CCc3cnn(Cc4ccc(C(F)(F)F)nc4)c3)nc2N1C. The minimum atomic E-state index is -4.48. The predicted octanol–water partition coefficient (Wildman–Crippen LogP) is 3.12. The number of likely N-dealkylation sites (N-methyl/N-ethyl adjacent to an activating group) is 1. The summed E-state index contributed by atoms with van der Waals surface area (Å²) in [6.45, 7) is -0.544. The highest BCUT2D eigenvalue weighted by Gasteiger charge is 2.32. The van der Waals surface area contributed by atoms with Crippen LogP contribution in [0, 0.1) is 6.92 Å². The number of carbonyl (C=O) groups excluding carboxylic acids is 1. The Labute approximate surface area is 199 Å². The van der Waals surface area contributed by atoms with Crippen molar-refractivity contribution in [3.63, 3.8) is 0 Å². The van der Waals surface area contributed by atoms with Crippen molar-refractivity contribution < 1.29 is 22.1 Å². The number of carbonyl (C=O) groups is 1. The van der Waals surface area contributed by atoms with Crippen LogP contribution in [0.1, 0.15) is 39.3 Å². The lowest BCUT2D eigenvalue weighted by Gasteiger charge is -2.32. The van der Waals surface area contributed by atoms with E-state index in [1.54, 1.807) is 24.0 Å². The molecule has 1 atom stereocenters. The van der Waals surface area contributed by atoms with Crippen LogP contribution in [0.3, 0.4) is 0 Å². The normalized spacial score (nSPS) is 17.4. The van der Waals surface area contributed by atoms with Crippen molar-refractivity contribution in [1.82, 2.24) is 24.7 Å². The molecular formula is C21H24F3N7OS. The van der Waals surface area contributed by atoms with E-state index in [2.05, 4.69) is 25.4 Å². The number of fused-ring (bicyclic) bond motifs is 1. The van der Waals surface area contributed by atoms with Gasteiger partial charge in [-0.05, 0) is 37.4 Å². The van der Waals surface area contributed by atoms with Crippen LogP contribution in [0.5, 0.6) is 0 Å². The lowest BCUT2D eigenvalue weighted by Crippen LogP contribution is -2.45. The number of nitrogens with one attached hydrogen (secondary N) is 1. The van der Waals surface area contributed by atoms with Crippen molar-refractivity contribution in [1.29, 1.82) is 0 Å². The van der Waals surface area contributed by atoms with E-state index in [1.807, 2.05) is 0 Å². The molecule has 8 nitrogen and oxygen atoms in total. The smallest absolute Gasteiger partial charge is 0.346 e. The van der Waals surface area contributed by atoms with E-state index in [0.29, 0.717) is 41.4 Å². The summed E-state index contributed by atoms with van der Waals surface area (Å²) in [7, 11) is 1.52. The van der Waals surface area contributed by atoms with E-state index in [0.717, 1.165) is 11.6 Å². The summed E-state index contributed by atoms with van der Waals surface area (Å²) in [6, 6.07) is 0.948. The highest BCUT2D eigenvalue weighted by molar-refractivity contribution is 7.59. The fourth-order valence-corrected chi connectivity index (χ4v) is 3.37. The molecule has 0 aromatic carbocycles. The first-order chi connectivity index (χ1) is 16.3. The number of halogens is 3. The molecule has 3 aromatic heterocycles. The van der Waals surface area contributed by atoms with Crippen molar-refractivity contribution in [3.8, 4) is 0 Å². The van der Waals surface area contributed by atoms with Gasteiger partial charge in [0.1, 0.15) is 23.2 Å². The van der Waals surface area contributed by atoms with Gasteiger partial charge in [-0.2, -0.15) is 31.8 Å². The standard InChI is InChI=1S/C21H22F3N7O.H2S/c1-12-18-19(30(3)13(2)20(32)29-18)28-17(27-12)7-5-15-9-26-31(11-15)10-14-4-6-16(25-8-14)21(22,23)24;/h4,6,8-9,11,13H,5,7,10H2,1-3H3,(H,29,32);1H2/t13-;/m0./s1/i2D3;. The van der Waals surface area contributed by atoms with Gasteiger partial charge in [-0.25, -0.2) is 9.97 Å². The maximum atomic E-state index is 12.7. The van der Waals surface area contributed by atoms with E-state index in [1.165, 1.54) is 24.2 Å². The molecule has 0 saturated carbocycles. The Morgan fingerprint density at radius 1 is 1.18 bits per heavy atom. The Balaban J connectivity index is 0.00000361. The van der Waals surface area contributed by atoms with E-state index >= 15 is 0 Å². The van der Waals surface area contributed by atoms with Gasteiger partial charge in [0.05, 0.1) is 18.4 Å². The van der Waals surface area contributed by atoms with Crippen molar-refractivity contribution in [2.24, 2.45) is 0 Å². The molecule has 3 aromatic rings. The topological polar surface area (TPSA) is 88.8 Å². The molecule has 0 aliphatic carbocycles. The monoisotopic (exact) mass is 482 g/mol. The van der Waals surface area contributed by atoms with Gasteiger partial charge >= 0.3 is 6.18 Å². The van der Waals surface area contributed by atoms with Gasteiger partial charge in [-0.3, -0.25) is 14.5 Å². The molecule has 0 saturated heterocycles. The summed E-state index contributed by atoms with van der Waals surface area (Å²) in [5.74, 6) is 0.196. The van der Waals surface area contributed by atoms with E-state index in [4.69, 9.17) is 4.11 Å². The third-order valence-electron chi connectivity index (χ3n) is 5.12. The molecule has 176 valence electrons. The summed E-state index contributed by atoms with van der Waals surface area (Å²) in [4.78, 5) is 26.1. The average Bonchev–Trinajstić information content (AvgIpc) is 3.19. The van der Waals surface area contributed by atoms with Gasteiger partial charge in [-0.1, -0.05) is 6.07 Å². The Hall–Kier alpha value is -3.15. The minimum Gasteiger partial charge on any atom is -0.346 e. The van der Waals surface area contributed by atoms with Crippen LogP contribution in [0.15, 0.2) is 30.7 Å². The number of rotatable bonds is 5. The highest BCUT2D eigenvalue weighted by atomic mass is 32.1. The van der Waals surface area contributed by atoms with Gasteiger partial charge in [0.25, 0.3) is 0 Å². The Kier molecular flexibility index (Phi) is 5.81. The van der Waals surface area contributed by atoms with Gasteiger partial charge in [0, 0.05) is 30.0 Å². The van der Waals surface area contributed by atoms with Gasteiger partial charge in [0.2, 0.25) is 5.91 Å². The third kappa shape index (κ3) is 5.27. The van der Waals surface area contributed by atoms with Crippen LogP contribution in [0.2, 0.25) is 0 Å². The molecule has 1 N–H and O–H groups in total. The van der Waals surface area contributed by atoms with Crippen molar-refractivity contribution in [2.45, 2.75) is 45.4 Å². The summed E-state index contributed by atoms with van der Waals surface area (Å²) in [5.41, 5.74) is 1.42. The van der Waals surface area contributed by atoms with Gasteiger partial charge in [0.15, 0.2) is 5.82 Å². The molecule has 1 aliphatic rings. The Morgan fingerprint density at radius 2 is 1.97 bits per heavy atom. The van der Waals surface area contributed by atoms with Crippen LogP contribution in [-0.2, 0) is 30.4 Å². The molecule has 0 spiro atoms. The van der Waals surface area contributed by atoms with Crippen molar-refractivity contribution in [3.05, 3.63) is 59.1 Å². The quantitative estimate of drug-likeness (QED) is 0.601. The van der Waals surface area contributed by atoms with Gasteiger partial charge < -0.3 is 10.2 Å². The van der Waals surface area contributed by atoms with E-state index in [9.17, 15) is 18.0 Å². The van der Waals surface area contributed by atoms with Crippen molar-refractivity contribution >= 4 is 30.9 Å². The molecule has 12 heteroatoms. The highest BCUT2D eigenvalue weighted by Crippen LogP contribution is 2.31. The molecule has 0 radical (unpaired) electrons. The molecular weight excluding hydrogens is 455 g/mol. The number of nitrogens with zero attached hydrogens (tertiary/aromatic N) is 6. The van der Waals surface area contributed by atoms with Crippen LogP contribution >= 0.6 is 13.5 Å². The maximum absolute atomic E-state index is 12.7. The second kappa shape index (κ2) is 9.38. The van der Waals surface area contributed by atoms with E-state index in [-0.39, 0.29) is 20.0 Å². The third-order valence-corrected chi connectivity index (χ3v) is 5.12. The Morgan fingerprint density at radius 3 is 2.64 bits per heavy atom. The van der Waals surface area contributed by atoms with Crippen molar-refractivity contribution in [2.75, 3.05) is 17.3 Å². The fraction of sp³-hybridized carbons (Fsp3) is 0.381. The number of anilines is 2. The fourth-order valence-electron chi connectivity index (χ4n) is 3.37. The molecule has 1 amide bonds. The molecule has 33 heavy (non-hydrogen) atoms. The van der Waals surface area contributed by atoms with Crippen LogP contribution in [0.4, 0.5) is 24.7 Å². The zero-order valence-corrected chi connectivity index (χ0v) is 18.8. The predicted molar refractivity (Wildman–Crippen MR) is 122 cm³/mol. The molecule has 0 unspecified atom stereocenters. The Bertz CT molecular complexity index is 1250. The number of hydrogen-bond donors (Lipinski definition) is 1. The number of aromatic nitrogens is 5. The largest absolute Gasteiger partial charge is 0.433 e. The summed E-state index contributed by atoms with van der Waals surface area (Å²) >= 11 is 0. The molecule has 0 fully saturated rings. The summed E-state index contributed by atoms with van der Waals surface area (Å²) < 4.78 is 62.6. The zero-order chi connectivity index (χ0) is 25.5. The summed E-state index contributed by atoms with van der Waals surface area (Å²) in [5, 5.41) is 6.86. The lowest BCUT2D eigenvalue weighted by atomic mass is 10.1. The summed E-state index contributed by atoms with van der Waals surface area (Å²) in [6.07, 6.45) is 1.09. The minimum absolute atomic E-state index is 0. The average molecular weight is 483 g/mol. The molecule has 0 bridgehead atoms. The number of hydrogen-bond acceptors (Lipinski definition) is 6. The van der Waals surface area contributed by atoms with E-state index < -0.39 is 30.7 Å². The second-order valence-electron chi connectivity index (χ2n) is 7.52.